The molecule has 0 aromatic heterocycles. The monoisotopic (exact) mass is 134 g/mol. The number of ether oxygens (including phenoxy) is 1. The maximum Gasteiger partial charge on any atom is 0.0895 e. The first-order chi connectivity index (χ1) is 3.91. The fourth-order valence-corrected chi connectivity index (χ4v) is 0.419. The first-order valence-corrected chi connectivity index (χ1v) is 2.77. The molecule has 2 nitrogen and oxygen atoms in total. The van der Waals surface area contributed by atoms with Gasteiger partial charge in [0.05, 0.1) is 19.5 Å². The van der Waals surface area contributed by atoms with Crippen molar-refractivity contribution >= 4 is 12.9 Å². The number of thiol groups is 1. The summed E-state index contributed by atoms with van der Waals surface area (Å²) in [7, 11) is 0. The highest BCUT2D eigenvalue weighted by atomic mass is 32.1. The van der Waals surface area contributed by atoms with E-state index < -0.39 is 0 Å². The molecule has 48 valence electrons. The molecule has 0 bridgehead atoms. The molecule has 0 aliphatic carbocycles. The van der Waals surface area contributed by atoms with E-state index in [2.05, 4.69) is 23.7 Å². The van der Waals surface area contributed by atoms with Crippen molar-refractivity contribution in [2.45, 2.75) is 6.42 Å². The third kappa shape index (κ3) is 5.85. The van der Waals surface area contributed by atoms with Gasteiger partial charge in [0.25, 0.3) is 0 Å². The molecule has 0 aliphatic rings. The highest BCUT2D eigenvalue weighted by Gasteiger charge is 1.81. The fourth-order valence-electron chi connectivity index (χ4n) is 0.290. The van der Waals surface area contributed by atoms with E-state index in [9.17, 15) is 0 Å². The maximum atomic E-state index is 4.79. The quantitative estimate of drug-likeness (QED) is 0.265. The van der Waals surface area contributed by atoms with Crippen LogP contribution >= 0.6 is 12.9 Å². The number of hydrogen-bond acceptors (Lipinski definition) is 3. The van der Waals surface area contributed by atoms with Crippen LogP contribution in [0, 0.1) is 0 Å². The summed E-state index contributed by atoms with van der Waals surface area (Å²) in [5.41, 5.74) is 0. The lowest BCUT2D eigenvalue weighted by molar-refractivity contribution is 0.221. The molecule has 0 saturated carbocycles. The van der Waals surface area contributed by atoms with Crippen LogP contribution in [0.25, 0.3) is 0 Å². The van der Waals surface area contributed by atoms with Gasteiger partial charge >= 0.3 is 0 Å². The van der Waals surface area contributed by atoms with Crippen LogP contribution in [0.5, 0.6) is 0 Å². The van der Waals surface area contributed by atoms with Crippen LogP contribution in [0.15, 0.2) is 12.8 Å². The van der Waals surface area contributed by atoms with Crippen molar-refractivity contribution in [2.24, 2.45) is 0 Å². The Morgan fingerprint density at radius 1 is 1.50 bits per heavy atom. The molecule has 0 rings (SSSR count). The van der Waals surface area contributed by atoms with Gasteiger partial charge in [0, 0.05) is 6.42 Å². The summed E-state index contributed by atoms with van der Waals surface area (Å²) in [5, 5.41) is 0. The molecule has 0 unspecified atom stereocenters. The third-order valence-corrected chi connectivity index (χ3v) is 0.798. The van der Waals surface area contributed by atoms with Crippen LogP contribution in [0.3, 0.4) is 0 Å². The lowest BCUT2D eigenvalue weighted by Gasteiger charge is -1.96. The molecule has 0 amide bonds. The molecule has 8 heavy (non-hydrogen) atoms. The molecule has 0 radical (unpaired) electrons. The van der Waals surface area contributed by atoms with Crippen LogP contribution in [0.4, 0.5) is 0 Å². The lowest BCUT2D eigenvalue weighted by atomic mass is 10.5. The molecular formula is C5H10O2S. The van der Waals surface area contributed by atoms with E-state index in [1.807, 2.05) is 0 Å². The summed E-state index contributed by atoms with van der Waals surface area (Å²) in [6.07, 6.45) is 2.27. The van der Waals surface area contributed by atoms with Gasteiger partial charge in [-0.1, -0.05) is 6.58 Å². The Balaban J connectivity index is 2.62. The molecule has 0 N–H and O–H groups in total. The minimum absolute atomic E-state index is 0.622. The summed E-state index contributed by atoms with van der Waals surface area (Å²) < 4.78 is 9.25. The predicted molar refractivity (Wildman–Crippen MR) is 35.7 cm³/mol. The van der Waals surface area contributed by atoms with Gasteiger partial charge in [0.15, 0.2) is 0 Å². The zero-order valence-corrected chi connectivity index (χ0v) is 5.56. The highest BCUT2D eigenvalue weighted by molar-refractivity contribution is 7.75. The van der Waals surface area contributed by atoms with E-state index in [1.54, 1.807) is 0 Å². The van der Waals surface area contributed by atoms with Crippen LogP contribution in [-0.4, -0.2) is 13.2 Å². The van der Waals surface area contributed by atoms with Gasteiger partial charge in [-0.3, -0.25) is 0 Å². The van der Waals surface area contributed by atoms with E-state index in [0.29, 0.717) is 13.2 Å². The maximum absolute atomic E-state index is 4.79. The molecule has 3 heteroatoms. The zero-order valence-electron chi connectivity index (χ0n) is 4.67. The molecule has 0 aromatic rings. The fraction of sp³-hybridized carbons (Fsp3) is 0.600. The second-order valence-corrected chi connectivity index (χ2v) is 1.48. The lowest BCUT2D eigenvalue weighted by Crippen LogP contribution is -1.91. The Labute approximate surface area is 55.1 Å². The molecule has 0 aromatic carbocycles. The second-order valence-electron chi connectivity index (χ2n) is 1.22. The minimum atomic E-state index is 0.622. The molecule has 0 atom stereocenters. The molecule has 0 heterocycles. The van der Waals surface area contributed by atoms with Crippen molar-refractivity contribution in [3.8, 4) is 0 Å². The van der Waals surface area contributed by atoms with Crippen LogP contribution in [0.2, 0.25) is 0 Å². The molecule has 0 saturated heterocycles. The first-order valence-electron chi connectivity index (χ1n) is 2.40. The summed E-state index contributed by atoms with van der Waals surface area (Å²) in [6, 6.07) is 0. The van der Waals surface area contributed by atoms with E-state index in [4.69, 9.17) is 4.74 Å². The van der Waals surface area contributed by atoms with Crippen molar-refractivity contribution < 1.29 is 8.92 Å². The normalized spacial score (nSPS) is 8.62. The molecule has 0 aliphatic heterocycles. The Bertz CT molecular complexity index is 56.4. The SMILES string of the molecule is C=COCCCOS. The minimum Gasteiger partial charge on any atom is -0.502 e. The number of hydrogen-bond donors (Lipinski definition) is 1. The van der Waals surface area contributed by atoms with Gasteiger partial charge in [-0.05, 0) is 12.9 Å². The van der Waals surface area contributed by atoms with Crippen LogP contribution < -0.4 is 0 Å². The zero-order chi connectivity index (χ0) is 6.24. The predicted octanol–water partition coefficient (Wildman–Crippen LogP) is 1.40. The summed E-state index contributed by atoms with van der Waals surface area (Å²) in [6.45, 7) is 4.65. The summed E-state index contributed by atoms with van der Waals surface area (Å²) in [4.78, 5) is 0. The van der Waals surface area contributed by atoms with Crippen molar-refractivity contribution in [2.75, 3.05) is 13.2 Å². The largest absolute Gasteiger partial charge is 0.502 e. The van der Waals surface area contributed by atoms with Gasteiger partial charge < -0.3 is 8.92 Å². The molecular weight excluding hydrogens is 124 g/mol. The summed E-state index contributed by atoms with van der Waals surface area (Å²) in [5.74, 6) is 0. The van der Waals surface area contributed by atoms with E-state index in [1.165, 1.54) is 6.26 Å². The second kappa shape index (κ2) is 6.85. The molecule has 0 fully saturated rings. The Morgan fingerprint density at radius 2 is 2.25 bits per heavy atom. The van der Waals surface area contributed by atoms with Gasteiger partial charge in [0.2, 0.25) is 0 Å². The highest BCUT2D eigenvalue weighted by Crippen LogP contribution is 1.85. The Kier molecular flexibility index (Phi) is 6.72. The van der Waals surface area contributed by atoms with Crippen molar-refractivity contribution in [1.29, 1.82) is 0 Å². The first kappa shape index (κ1) is 7.85. The third-order valence-electron chi connectivity index (χ3n) is 0.616. The topological polar surface area (TPSA) is 18.5 Å². The van der Waals surface area contributed by atoms with Gasteiger partial charge in [0.1, 0.15) is 0 Å². The van der Waals surface area contributed by atoms with E-state index in [0.717, 1.165) is 6.42 Å². The van der Waals surface area contributed by atoms with Crippen LogP contribution in [0.1, 0.15) is 6.42 Å². The van der Waals surface area contributed by atoms with Gasteiger partial charge in [-0.25, -0.2) is 0 Å². The average molecular weight is 134 g/mol. The van der Waals surface area contributed by atoms with Crippen LogP contribution in [-0.2, 0) is 8.92 Å². The van der Waals surface area contributed by atoms with E-state index in [-0.39, 0.29) is 0 Å². The van der Waals surface area contributed by atoms with Gasteiger partial charge in [-0.2, -0.15) is 0 Å². The van der Waals surface area contributed by atoms with Gasteiger partial charge in [-0.15, -0.1) is 0 Å². The summed E-state index contributed by atoms with van der Waals surface area (Å²) >= 11 is 3.54. The van der Waals surface area contributed by atoms with E-state index >= 15 is 0 Å². The Hall–Kier alpha value is -0.150. The van der Waals surface area contributed by atoms with Crippen molar-refractivity contribution in [3.05, 3.63) is 12.8 Å². The Morgan fingerprint density at radius 3 is 2.75 bits per heavy atom. The standard InChI is InChI=1S/C5H10O2S/c1-2-6-4-3-5-7-8/h2,8H,1,3-5H2. The average Bonchev–Trinajstić information content (AvgIpc) is 1.81. The number of rotatable bonds is 5. The molecule has 0 spiro atoms. The van der Waals surface area contributed by atoms with Crippen molar-refractivity contribution in [3.63, 3.8) is 0 Å². The van der Waals surface area contributed by atoms with Crippen molar-refractivity contribution in [1.82, 2.24) is 0 Å². The smallest absolute Gasteiger partial charge is 0.0895 e.